The molecule has 0 spiro atoms. The molecule has 0 atom stereocenters. The summed E-state index contributed by atoms with van der Waals surface area (Å²) in [4.78, 5) is 0. The molecule has 2 aromatic carbocycles. The molecular formula is C15H14ClFN2OS. The third kappa shape index (κ3) is 4.06. The lowest BCUT2D eigenvalue weighted by Crippen LogP contribution is -2.20. The van der Waals surface area contributed by atoms with Gasteiger partial charge in [-0.2, -0.15) is 0 Å². The number of methoxy groups -OCH3 is 1. The highest BCUT2D eigenvalue weighted by atomic mass is 35.5. The minimum Gasteiger partial charge on any atom is -0.495 e. The maximum atomic E-state index is 13.7. The van der Waals surface area contributed by atoms with Crippen LogP contribution in [-0.2, 0) is 0 Å². The van der Waals surface area contributed by atoms with E-state index in [0.29, 0.717) is 22.1 Å². The lowest BCUT2D eigenvalue weighted by Gasteiger charge is -2.14. The van der Waals surface area contributed by atoms with Crippen molar-refractivity contribution in [1.29, 1.82) is 0 Å². The molecule has 0 heterocycles. The third-order valence-electron chi connectivity index (χ3n) is 2.78. The molecule has 0 fully saturated rings. The Bertz CT molecular complexity index is 679. The predicted molar refractivity (Wildman–Crippen MR) is 89.0 cm³/mol. The summed E-state index contributed by atoms with van der Waals surface area (Å²) in [5.74, 6) is 0.219. The van der Waals surface area contributed by atoms with Gasteiger partial charge in [0.2, 0.25) is 0 Å². The van der Waals surface area contributed by atoms with E-state index < -0.39 is 0 Å². The first-order chi connectivity index (χ1) is 9.99. The Morgan fingerprint density at radius 3 is 2.57 bits per heavy atom. The Labute approximate surface area is 133 Å². The number of nitrogens with one attached hydrogen (secondary N) is 2. The molecule has 110 valence electrons. The van der Waals surface area contributed by atoms with Gasteiger partial charge in [-0.05, 0) is 55.0 Å². The first-order valence-electron chi connectivity index (χ1n) is 6.17. The van der Waals surface area contributed by atoms with Crippen LogP contribution in [0.2, 0.25) is 5.02 Å². The van der Waals surface area contributed by atoms with Crippen LogP contribution in [0.3, 0.4) is 0 Å². The Hall–Kier alpha value is -1.85. The SMILES string of the molecule is COc1ccc(Cl)cc1NC(=S)Nc1cc(C)ccc1F. The lowest BCUT2D eigenvalue weighted by atomic mass is 10.2. The fourth-order valence-electron chi connectivity index (χ4n) is 1.79. The minimum atomic E-state index is -0.372. The zero-order valence-corrected chi connectivity index (χ0v) is 13.1. The minimum absolute atomic E-state index is 0.250. The highest BCUT2D eigenvalue weighted by Crippen LogP contribution is 2.28. The second-order valence-electron chi connectivity index (χ2n) is 4.41. The van der Waals surface area contributed by atoms with Crippen molar-refractivity contribution in [3.8, 4) is 5.75 Å². The average molecular weight is 325 g/mol. The van der Waals surface area contributed by atoms with Crippen LogP contribution in [-0.4, -0.2) is 12.2 Å². The van der Waals surface area contributed by atoms with Gasteiger partial charge in [-0.3, -0.25) is 0 Å². The Morgan fingerprint density at radius 2 is 1.86 bits per heavy atom. The molecule has 0 unspecified atom stereocenters. The van der Waals surface area contributed by atoms with Crippen molar-refractivity contribution >= 4 is 40.3 Å². The van der Waals surface area contributed by atoms with E-state index in [0.717, 1.165) is 5.56 Å². The maximum Gasteiger partial charge on any atom is 0.175 e. The van der Waals surface area contributed by atoms with Crippen LogP contribution in [0.15, 0.2) is 36.4 Å². The van der Waals surface area contributed by atoms with Crippen LogP contribution in [0.1, 0.15) is 5.56 Å². The van der Waals surface area contributed by atoms with Gasteiger partial charge in [0.1, 0.15) is 11.6 Å². The van der Waals surface area contributed by atoms with Gasteiger partial charge in [0.05, 0.1) is 18.5 Å². The van der Waals surface area contributed by atoms with Gasteiger partial charge in [0.15, 0.2) is 5.11 Å². The molecule has 0 saturated heterocycles. The molecule has 0 aromatic heterocycles. The van der Waals surface area contributed by atoms with Gasteiger partial charge in [0.25, 0.3) is 0 Å². The smallest absolute Gasteiger partial charge is 0.175 e. The molecule has 0 aliphatic rings. The van der Waals surface area contributed by atoms with Gasteiger partial charge in [-0.25, -0.2) is 4.39 Å². The summed E-state index contributed by atoms with van der Waals surface area (Å²) < 4.78 is 18.9. The summed E-state index contributed by atoms with van der Waals surface area (Å²) in [6, 6.07) is 9.87. The highest BCUT2D eigenvalue weighted by molar-refractivity contribution is 7.80. The molecule has 3 nitrogen and oxygen atoms in total. The van der Waals surface area contributed by atoms with Crippen LogP contribution in [0.25, 0.3) is 0 Å². The maximum absolute atomic E-state index is 13.7. The third-order valence-corrected chi connectivity index (χ3v) is 3.22. The number of halogens is 2. The van der Waals surface area contributed by atoms with Crippen molar-refractivity contribution in [1.82, 2.24) is 0 Å². The second kappa shape index (κ2) is 6.74. The van der Waals surface area contributed by atoms with E-state index >= 15 is 0 Å². The molecule has 0 bridgehead atoms. The van der Waals surface area contributed by atoms with E-state index in [9.17, 15) is 4.39 Å². The molecule has 0 saturated carbocycles. The highest BCUT2D eigenvalue weighted by Gasteiger charge is 2.08. The summed E-state index contributed by atoms with van der Waals surface area (Å²) in [7, 11) is 1.55. The number of hydrogen-bond acceptors (Lipinski definition) is 2. The number of thiocarbonyl (C=S) groups is 1. The van der Waals surface area contributed by atoms with Gasteiger partial charge >= 0.3 is 0 Å². The van der Waals surface area contributed by atoms with E-state index in [2.05, 4.69) is 10.6 Å². The molecule has 2 rings (SSSR count). The molecule has 0 aliphatic carbocycles. The van der Waals surface area contributed by atoms with E-state index in [4.69, 9.17) is 28.6 Å². The van der Waals surface area contributed by atoms with E-state index in [1.807, 2.05) is 6.92 Å². The van der Waals surface area contributed by atoms with Crippen LogP contribution in [0.5, 0.6) is 5.75 Å². The topological polar surface area (TPSA) is 33.3 Å². The summed E-state index contributed by atoms with van der Waals surface area (Å²) in [6.07, 6.45) is 0. The van der Waals surface area contributed by atoms with Crippen LogP contribution in [0, 0.1) is 12.7 Å². The summed E-state index contributed by atoms with van der Waals surface area (Å²) in [5, 5.41) is 6.55. The number of benzene rings is 2. The van der Waals surface area contributed by atoms with Crippen LogP contribution >= 0.6 is 23.8 Å². The van der Waals surface area contributed by atoms with Gasteiger partial charge in [-0.1, -0.05) is 17.7 Å². The van der Waals surface area contributed by atoms with E-state index in [1.54, 1.807) is 37.4 Å². The monoisotopic (exact) mass is 324 g/mol. The van der Waals surface area contributed by atoms with E-state index in [-0.39, 0.29) is 10.9 Å². The van der Waals surface area contributed by atoms with Crippen LogP contribution in [0.4, 0.5) is 15.8 Å². The second-order valence-corrected chi connectivity index (χ2v) is 5.25. The fraction of sp³-hybridized carbons (Fsp3) is 0.133. The normalized spacial score (nSPS) is 10.1. The summed E-state index contributed by atoms with van der Waals surface area (Å²) >= 11 is 11.1. The van der Waals surface area contributed by atoms with Crippen molar-refractivity contribution in [2.24, 2.45) is 0 Å². The van der Waals surface area contributed by atoms with E-state index in [1.165, 1.54) is 6.07 Å². The molecule has 0 aliphatic heterocycles. The number of anilines is 2. The lowest BCUT2D eigenvalue weighted by molar-refractivity contribution is 0.417. The molecule has 0 amide bonds. The molecule has 0 radical (unpaired) electrons. The Balaban J connectivity index is 2.15. The average Bonchev–Trinajstić information content (AvgIpc) is 2.43. The number of rotatable bonds is 3. The van der Waals surface area contributed by atoms with Gasteiger partial charge < -0.3 is 15.4 Å². The molecule has 2 N–H and O–H groups in total. The zero-order valence-electron chi connectivity index (χ0n) is 11.5. The Morgan fingerprint density at radius 1 is 1.14 bits per heavy atom. The van der Waals surface area contributed by atoms with Gasteiger partial charge in [0, 0.05) is 5.02 Å². The first kappa shape index (κ1) is 15.5. The molecular weight excluding hydrogens is 311 g/mol. The van der Waals surface area contributed by atoms with Crippen molar-refractivity contribution in [3.63, 3.8) is 0 Å². The molecule has 6 heteroatoms. The van der Waals surface area contributed by atoms with Crippen molar-refractivity contribution in [2.75, 3.05) is 17.7 Å². The van der Waals surface area contributed by atoms with Gasteiger partial charge in [-0.15, -0.1) is 0 Å². The predicted octanol–water partition coefficient (Wildman–Crippen LogP) is 4.61. The largest absolute Gasteiger partial charge is 0.495 e. The first-order valence-corrected chi connectivity index (χ1v) is 6.96. The summed E-state index contributed by atoms with van der Waals surface area (Å²) in [5.41, 5.74) is 1.85. The summed E-state index contributed by atoms with van der Waals surface area (Å²) in [6.45, 7) is 1.88. The van der Waals surface area contributed by atoms with Crippen molar-refractivity contribution < 1.29 is 9.13 Å². The molecule has 2 aromatic rings. The standard InChI is InChI=1S/C15H14ClFN2OS/c1-9-3-5-11(17)12(7-9)18-15(21)19-13-8-10(16)4-6-14(13)20-2/h3-8H,1-2H3,(H2,18,19,21). The molecule has 21 heavy (non-hydrogen) atoms. The fourth-order valence-corrected chi connectivity index (χ4v) is 2.18. The van der Waals surface area contributed by atoms with Crippen molar-refractivity contribution in [3.05, 3.63) is 52.8 Å². The quantitative estimate of drug-likeness (QED) is 0.808. The van der Waals surface area contributed by atoms with Crippen molar-refractivity contribution in [2.45, 2.75) is 6.92 Å². The number of ether oxygens (including phenoxy) is 1. The number of hydrogen-bond donors (Lipinski definition) is 2. The van der Waals surface area contributed by atoms with Crippen LogP contribution < -0.4 is 15.4 Å². The number of aryl methyl sites for hydroxylation is 1. The Kier molecular flexibility index (Phi) is 4.98. The zero-order chi connectivity index (χ0) is 15.4.